The number of amides is 3. The zero-order valence-corrected chi connectivity index (χ0v) is 12.3. The average molecular weight is 289 g/mol. The first-order valence-electron chi connectivity index (χ1n) is 6.66. The van der Waals surface area contributed by atoms with Gasteiger partial charge in [0, 0.05) is 14.1 Å². The van der Waals surface area contributed by atoms with Gasteiger partial charge in [-0.1, -0.05) is 12.1 Å². The third kappa shape index (κ3) is 3.71. The van der Waals surface area contributed by atoms with Crippen LogP contribution in [0.25, 0.3) is 11.0 Å². The zero-order valence-electron chi connectivity index (χ0n) is 12.3. The number of fused-ring (bicyclic) bond motifs is 1. The summed E-state index contributed by atoms with van der Waals surface area (Å²) < 4.78 is 0. The topological polar surface area (TPSA) is 90.1 Å². The summed E-state index contributed by atoms with van der Waals surface area (Å²) in [4.78, 5) is 32.1. The lowest BCUT2D eigenvalue weighted by atomic mass is 10.3. The van der Waals surface area contributed by atoms with Crippen molar-refractivity contribution in [1.29, 1.82) is 0 Å². The van der Waals surface area contributed by atoms with Crippen molar-refractivity contribution in [3.63, 3.8) is 0 Å². The highest BCUT2D eigenvalue weighted by atomic mass is 16.2. The van der Waals surface area contributed by atoms with E-state index in [1.165, 1.54) is 4.90 Å². The number of imidazole rings is 1. The summed E-state index contributed by atoms with van der Waals surface area (Å²) >= 11 is 0. The molecule has 21 heavy (non-hydrogen) atoms. The van der Waals surface area contributed by atoms with Gasteiger partial charge in [0.25, 0.3) is 0 Å². The number of hydrogen-bond donors (Lipinski definition) is 3. The predicted octanol–water partition coefficient (Wildman–Crippen LogP) is 1.01. The smallest absolute Gasteiger partial charge is 0.317 e. The molecule has 1 aromatic carbocycles. The molecule has 7 heteroatoms. The number of nitrogens with one attached hydrogen (secondary N) is 3. The Bertz CT molecular complexity index is 617. The number of urea groups is 1. The van der Waals surface area contributed by atoms with Crippen LogP contribution in [0.1, 0.15) is 18.8 Å². The van der Waals surface area contributed by atoms with Crippen LogP contribution < -0.4 is 10.6 Å². The van der Waals surface area contributed by atoms with Gasteiger partial charge >= 0.3 is 6.03 Å². The Hall–Kier alpha value is -2.57. The van der Waals surface area contributed by atoms with Crippen LogP contribution in [-0.2, 0) is 4.79 Å². The second-order valence-corrected chi connectivity index (χ2v) is 4.98. The van der Waals surface area contributed by atoms with Crippen LogP contribution in [0.3, 0.4) is 0 Å². The Kier molecular flexibility index (Phi) is 4.42. The van der Waals surface area contributed by atoms with Crippen molar-refractivity contribution in [2.75, 3.05) is 20.6 Å². The van der Waals surface area contributed by atoms with Crippen LogP contribution in [0.15, 0.2) is 24.3 Å². The van der Waals surface area contributed by atoms with Gasteiger partial charge < -0.3 is 20.5 Å². The molecule has 0 spiro atoms. The fraction of sp³-hybridized carbons (Fsp3) is 0.357. The van der Waals surface area contributed by atoms with Crippen molar-refractivity contribution < 1.29 is 9.59 Å². The lowest BCUT2D eigenvalue weighted by Crippen LogP contribution is -2.42. The Balaban J connectivity index is 1.93. The van der Waals surface area contributed by atoms with E-state index in [4.69, 9.17) is 0 Å². The molecule has 2 rings (SSSR count). The van der Waals surface area contributed by atoms with Gasteiger partial charge in [0.05, 0.1) is 23.6 Å². The number of aromatic nitrogens is 2. The van der Waals surface area contributed by atoms with Crippen LogP contribution in [-0.4, -0.2) is 47.4 Å². The molecule has 1 aromatic heterocycles. The summed E-state index contributed by atoms with van der Waals surface area (Å²) in [5.41, 5.74) is 1.78. The van der Waals surface area contributed by atoms with E-state index in [2.05, 4.69) is 20.6 Å². The molecule has 7 nitrogen and oxygen atoms in total. The molecule has 0 saturated heterocycles. The SMILES string of the molecule is C[C@@H](NC(=O)CNC(=O)N(C)C)c1nc2ccccc2[nH]1. The fourth-order valence-corrected chi connectivity index (χ4v) is 1.85. The minimum atomic E-state index is -0.304. The molecule has 0 radical (unpaired) electrons. The average Bonchev–Trinajstić information content (AvgIpc) is 2.88. The van der Waals surface area contributed by atoms with E-state index in [1.807, 2.05) is 31.2 Å². The van der Waals surface area contributed by atoms with E-state index >= 15 is 0 Å². The maximum Gasteiger partial charge on any atom is 0.317 e. The van der Waals surface area contributed by atoms with Gasteiger partial charge in [-0.25, -0.2) is 9.78 Å². The van der Waals surface area contributed by atoms with Crippen LogP contribution in [0, 0.1) is 0 Å². The van der Waals surface area contributed by atoms with Crippen LogP contribution in [0.5, 0.6) is 0 Å². The fourth-order valence-electron chi connectivity index (χ4n) is 1.85. The standard InChI is InChI=1S/C14H19N5O2/c1-9(16-12(20)8-15-14(21)19(2)3)13-17-10-6-4-5-7-11(10)18-13/h4-7,9H,8H2,1-3H3,(H,15,21)(H,16,20)(H,17,18)/t9-/m1/s1. The Labute approximate surface area is 122 Å². The summed E-state index contributed by atoms with van der Waals surface area (Å²) in [5, 5.41) is 5.30. The highest BCUT2D eigenvalue weighted by Gasteiger charge is 2.14. The number of H-pyrrole nitrogens is 1. The molecule has 0 bridgehead atoms. The first-order chi connectivity index (χ1) is 9.97. The molecule has 0 fully saturated rings. The van der Waals surface area contributed by atoms with Gasteiger partial charge in [-0.2, -0.15) is 0 Å². The highest BCUT2D eigenvalue weighted by Crippen LogP contribution is 2.15. The van der Waals surface area contributed by atoms with E-state index in [0.717, 1.165) is 11.0 Å². The largest absolute Gasteiger partial charge is 0.345 e. The number of carbonyl (C=O) groups is 2. The number of hydrogen-bond acceptors (Lipinski definition) is 3. The third-order valence-corrected chi connectivity index (χ3v) is 3.00. The lowest BCUT2D eigenvalue weighted by Gasteiger charge is -2.14. The first-order valence-corrected chi connectivity index (χ1v) is 6.66. The number of aromatic amines is 1. The molecule has 0 aliphatic rings. The maximum atomic E-state index is 11.8. The molecule has 3 N–H and O–H groups in total. The van der Waals surface area contributed by atoms with Crippen molar-refractivity contribution in [3.8, 4) is 0 Å². The van der Waals surface area contributed by atoms with E-state index in [9.17, 15) is 9.59 Å². The molecule has 2 aromatic rings. The van der Waals surface area contributed by atoms with Crippen molar-refractivity contribution in [1.82, 2.24) is 25.5 Å². The molecule has 1 heterocycles. The molecule has 0 aliphatic heterocycles. The van der Waals surface area contributed by atoms with Gasteiger partial charge in [0.1, 0.15) is 5.82 Å². The Morgan fingerprint density at radius 1 is 1.33 bits per heavy atom. The molecule has 112 valence electrons. The second-order valence-electron chi connectivity index (χ2n) is 4.98. The van der Waals surface area contributed by atoms with Crippen molar-refractivity contribution in [2.24, 2.45) is 0 Å². The molecular formula is C14H19N5O2. The Morgan fingerprint density at radius 2 is 2.05 bits per heavy atom. The number of benzene rings is 1. The number of nitrogens with zero attached hydrogens (tertiary/aromatic N) is 2. The normalized spacial score (nSPS) is 12.0. The molecule has 0 saturated carbocycles. The molecule has 0 aliphatic carbocycles. The van der Waals surface area contributed by atoms with E-state index in [1.54, 1.807) is 14.1 Å². The summed E-state index contributed by atoms with van der Waals surface area (Å²) in [5.74, 6) is 0.418. The van der Waals surface area contributed by atoms with E-state index < -0.39 is 0 Å². The van der Waals surface area contributed by atoms with Gasteiger partial charge in [-0.15, -0.1) is 0 Å². The minimum Gasteiger partial charge on any atom is -0.345 e. The van der Waals surface area contributed by atoms with Crippen LogP contribution in [0.2, 0.25) is 0 Å². The molecular weight excluding hydrogens is 270 g/mol. The van der Waals surface area contributed by atoms with Crippen molar-refractivity contribution >= 4 is 23.0 Å². The number of carbonyl (C=O) groups excluding carboxylic acids is 2. The predicted molar refractivity (Wildman–Crippen MR) is 79.7 cm³/mol. The lowest BCUT2D eigenvalue weighted by molar-refractivity contribution is -0.120. The monoisotopic (exact) mass is 289 g/mol. The maximum absolute atomic E-state index is 11.8. The van der Waals surface area contributed by atoms with E-state index in [-0.39, 0.29) is 24.5 Å². The van der Waals surface area contributed by atoms with Gasteiger partial charge in [0.15, 0.2) is 0 Å². The molecule has 0 unspecified atom stereocenters. The van der Waals surface area contributed by atoms with Crippen LogP contribution in [0.4, 0.5) is 4.79 Å². The number of para-hydroxylation sites is 2. The quantitative estimate of drug-likeness (QED) is 0.784. The molecule has 3 amide bonds. The zero-order chi connectivity index (χ0) is 15.4. The summed E-state index contributed by atoms with van der Waals surface area (Å²) in [6.45, 7) is 1.77. The molecule has 1 atom stereocenters. The second kappa shape index (κ2) is 6.25. The summed E-state index contributed by atoms with van der Waals surface area (Å²) in [6, 6.07) is 7.10. The first kappa shape index (κ1) is 14.8. The Morgan fingerprint density at radius 3 is 2.71 bits per heavy atom. The third-order valence-electron chi connectivity index (χ3n) is 3.00. The summed E-state index contributed by atoms with van der Waals surface area (Å²) in [6.07, 6.45) is 0. The van der Waals surface area contributed by atoms with E-state index in [0.29, 0.717) is 5.82 Å². The van der Waals surface area contributed by atoms with Crippen molar-refractivity contribution in [3.05, 3.63) is 30.1 Å². The van der Waals surface area contributed by atoms with Gasteiger partial charge in [-0.05, 0) is 19.1 Å². The minimum absolute atomic E-state index is 0.0679. The summed E-state index contributed by atoms with van der Waals surface area (Å²) in [7, 11) is 3.23. The van der Waals surface area contributed by atoms with Gasteiger partial charge in [-0.3, -0.25) is 4.79 Å². The van der Waals surface area contributed by atoms with Crippen LogP contribution >= 0.6 is 0 Å². The highest BCUT2D eigenvalue weighted by molar-refractivity contribution is 5.84. The van der Waals surface area contributed by atoms with Crippen molar-refractivity contribution in [2.45, 2.75) is 13.0 Å². The van der Waals surface area contributed by atoms with Gasteiger partial charge in [0.2, 0.25) is 5.91 Å². The number of rotatable bonds is 4.